The molecular formula is C22H27N3O3S. The number of nitrogens with one attached hydrogen (secondary N) is 1. The van der Waals surface area contributed by atoms with E-state index in [9.17, 15) is 9.59 Å². The van der Waals surface area contributed by atoms with Crippen molar-refractivity contribution < 1.29 is 14.3 Å². The van der Waals surface area contributed by atoms with E-state index in [4.69, 9.17) is 4.74 Å². The molecule has 1 N–H and O–H groups in total. The molecule has 0 aliphatic carbocycles. The summed E-state index contributed by atoms with van der Waals surface area (Å²) in [7, 11) is 1.63. The Kier molecular flexibility index (Phi) is 7.41. The maximum atomic E-state index is 13.1. The SMILES string of the molecule is COc1ccc(SCC(NC(C)=O)C(=O)N2CCN(c3ccccc3)CC2)cc1. The van der Waals surface area contributed by atoms with Crippen molar-refractivity contribution >= 4 is 29.3 Å². The van der Waals surface area contributed by atoms with Crippen molar-refractivity contribution in [2.45, 2.75) is 17.9 Å². The highest BCUT2D eigenvalue weighted by Gasteiger charge is 2.28. The summed E-state index contributed by atoms with van der Waals surface area (Å²) in [6.45, 7) is 4.32. The van der Waals surface area contributed by atoms with Crippen molar-refractivity contribution in [2.24, 2.45) is 0 Å². The lowest BCUT2D eigenvalue weighted by molar-refractivity contribution is -0.135. The summed E-state index contributed by atoms with van der Waals surface area (Å²) in [6.07, 6.45) is 0. The van der Waals surface area contributed by atoms with E-state index in [2.05, 4.69) is 22.3 Å². The van der Waals surface area contributed by atoms with Crippen molar-refractivity contribution in [1.82, 2.24) is 10.2 Å². The van der Waals surface area contributed by atoms with Gasteiger partial charge in [0, 0.05) is 49.4 Å². The third kappa shape index (κ3) is 5.90. The molecule has 7 heteroatoms. The molecule has 1 heterocycles. The molecule has 1 saturated heterocycles. The number of amides is 2. The van der Waals surface area contributed by atoms with Gasteiger partial charge in [0.1, 0.15) is 11.8 Å². The van der Waals surface area contributed by atoms with Gasteiger partial charge >= 0.3 is 0 Å². The first-order chi connectivity index (χ1) is 14.1. The monoisotopic (exact) mass is 413 g/mol. The third-order valence-corrected chi connectivity index (χ3v) is 5.97. The Morgan fingerprint density at radius 3 is 2.28 bits per heavy atom. The summed E-state index contributed by atoms with van der Waals surface area (Å²) in [5.41, 5.74) is 1.17. The number of hydrogen-bond acceptors (Lipinski definition) is 5. The summed E-state index contributed by atoms with van der Waals surface area (Å²) >= 11 is 1.55. The van der Waals surface area contributed by atoms with Crippen LogP contribution in [0.5, 0.6) is 5.75 Å². The molecule has 1 aliphatic heterocycles. The van der Waals surface area contributed by atoms with Gasteiger partial charge in [-0.25, -0.2) is 0 Å². The van der Waals surface area contributed by atoms with Crippen LogP contribution in [0.15, 0.2) is 59.5 Å². The number of rotatable bonds is 7. The lowest BCUT2D eigenvalue weighted by Crippen LogP contribution is -2.55. The second-order valence-electron chi connectivity index (χ2n) is 6.89. The first-order valence-corrected chi connectivity index (χ1v) is 10.7. The first-order valence-electron chi connectivity index (χ1n) is 9.69. The number of carbonyl (C=O) groups is 2. The second kappa shape index (κ2) is 10.2. The number of hydrogen-bond donors (Lipinski definition) is 1. The first kappa shape index (κ1) is 21.0. The standard InChI is InChI=1S/C22H27N3O3S/c1-17(26)23-21(16-29-20-10-8-19(28-2)9-11-20)22(27)25-14-12-24(13-15-25)18-6-4-3-5-7-18/h3-11,21H,12-16H2,1-2H3,(H,23,26). The molecule has 154 valence electrons. The van der Waals surface area contributed by atoms with Gasteiger partial charge < -0.3 is 19.9 Å². The number of para-hydroxylation sites is 1. The van der Waals surface area contributed by atoms with Crippen LogP contribution in [0.2, 0.25) is 0 Å². The molecular weight excluding hydrogens is 386 g/mol. The summed E-state index contributed by atoms with van der Waals surface area (Å²) < 4.78 is 5.17. The Morgan fingerprint density at radius 2 is 1.69 bits per heavy atom. The van der Waals surface area contributed by atoms with Crippen LogP contribution in [-0.4, -0.2) is 61.8 Å². The lowest BCUT2D eigenvalue weighted by Gasteiger charge is -2.37. The van der Waals surface area contributed by atoms with E-state index in [1.165, 1.54) is 12.6 Å². The predicted molar refractivity (Wildman–Crippen MR) is 117 cm³/mol. The molecule has 6 nitrogen and oxygen atoms in total. The summed E-state index contributed by atoms with van der Waals surface area (Å²) in [5.74, 6) is 1.07. The predicted octanol–water partition coefficient (Wildman–Crippen LogP) is 2.64. The number of carbonyl (C=O) groups excluding carboxylic acids is 2. The number of benzene rings is 2. The zero-order valence-corrected chi connectivity index (χ0v) is 17.7. The van der Waals surface area contributed by atoms with E-state index in [0.717, 1.165) is 23.7 Å². The number of nitrogens with zero attached hydrogens (tertiary/aromatic N) is 2. The van der Waals surface area contributed by atoms with Crippen molar-refractivity contribution in [3.63, 3.8) is 0 Å². The molecule has 1 fully saturated rings. The molecule has 0 radical (unpaired) electrons. The van der Waals surface area contributed by atoms with E-state index in [-0.39, 0.29) is 11.8 Å². The zero-order chi connectivity index (χ0) is 20.6. The fraction of sp³-hybridized carbons (Fsp3) is 0.364. The minimum Gasteiger partial charge on any atom is -0.497 e. The van der Waals surface area contributed by atoms with E-state index in [1.54, 1.807) is 18.9 Å². The van der Waals surface area contributed by atoms with Crippen LogP contribution in [0, 0.1) is 0 Å². The zero-order valence-electron chi connectivity index (χ0n) is 16.8. The highest BCUT2D eigenvalue weighted by Crippen LogP contribution is 2.23. The topological polar surface area (TPSA) is 61.9 Å². The minimum absolute atomic E-state index is 0.0195. The summed E-state index contributed by atoms with van der Waals surface area (Å²) in [5, 5.41) is 2.82. The molecule has 1 atom stereocenters. The van der Waals surface area contributed by atoms with Crippen molar-refractivity contribution in [3.05, 3.63) is 54.6 Å². The van der Waals surface area contributed by atoms with Crippen molar-refractivity contribution in [3.8, 4) is 5.75 Å². The smallest absolute Gasteiger partial charge is 0.246 e. The van der Waals surface area contributed by atoms with Crippen LogP contribution in [0.3, 0.4) is 0 Å². The largest absolute Gasteiger partial charge is 0.497 e. The maximum absolute atomic E-state index is 13.1. The van der Waals surface area contributed by atoms with Crippen LogP contribution in [-0.2, 0) is 9.59 Å². The normalized spacial score (nSPS) is 15.0. The van der Waals surface area contributed by atoms with Crippen LogP contribution in [0.1, 0.15) is 6.92 Å². The van der Waals surface area contributed by atoms with Crippen molar-refractivity contribution in [2.75, 3.05) is 43.9 Å². The molecule has 1 aliphatic rings. The average Bonchev–Trinajstić information content (AvgIpc) is 2.77. The molecule has 0 bridgehead atoms. The van der Waals surface area contributed by atoms with Crippen LogP contribution in [0.25, 0.3) is 0 Å². The van der Waals surface area contributed by atoms with Gasteiger partial charge in [-0.2, -0.15) is 0 Å². The number of anilines is 1. The average molecular weight is 414 g/mol. The fourth-order valence-electron chi connectivity index (χ4n) is 3.32. The van der Waals surface area contributed by atoms with Gasteiger partial charge in [-0.15, -0.1) is 11.8 Å². The van der Waals surface area contributed by atoms with Gasteiger partial charge in [-0.3, -0.25) is 9.59 Å². The van der Waals surface area contributed by atoms with Gasteiger partial charge in [-0.1, -0.05) is 18.2 Å². The number of thioether (sulfide) groups is 1. The Bertz CT molecular complexity index is 806. The van der Waals surface area contributed by atoms with Gasteiger partial charge in [0.05, 0.1) is 7.11 Å². The molecule has 1 unspecified atom stereocenters. The maximum Gasteiger partial charge on any atom is 0.246 e. The van der Waals surface area contributed by atoms with E-state index < -0.39 is 6.04 Å². The number of methoxy groups -OCH3 is 1. The van der Waals surface area contributed by atoms with E-state index >= 15 is 0 Å². The molecule has 2 aromatic carbocycles. The Morgan fingerprint density at radius 1 is 1.03 bits per heavy atom. The highest BCUT2D eigenvalue weighted by molar-refractivity contribution is 7.99. The Labute approximate surface area is 176 Å². The molecule has 2 amide bonds. The second-order valence-corrected chi connectivity index (χ2v) is 7.98. The summed E-state index contributed by atoms with van der Waals surface area (Å²) in [6, 6.07) is 17.4. The molecule has 0 spiro atoms. The third-order valence-electron chi connectivity index (χ3n) is 4.86. The van der Waals surface area contributed by atoms with Crippen LogP contribution >= 0.6 is 11.8 Å². The quantitative estimate of drug-likeness (QED) is 0.707. The number of piperazine rings is 1. The minimum atomic E-state index is -0.539. The molecule has 3 rings (SSSR count). The van der Waals surface area contributed by atoms with Gasteiger partial charge in [-0.05, 0) is 36.4 Å². The summed E-state index contributed by atoms with van der Waals surface area (Å²) in [4.78, 5) is 29.9. The highest BCUT2D eigenvalue weighted by atomic mass is 32.2. The van der Waals surface area contributed by atoms with Gasteiger partial charge in [0.25, 0.3) is 0 Å². The van der Waals surface area contributed by atoms with Gasteiger partial charge in [0.2, 0.25) is 11.8 Å². The Balaban J connectivity index is 1.57. The van der Waals surface area contributed by atoms with Crippen LogP contribution < -0.4 is 15.0 Å². The van der Waals surface area contributed by atoms with Crippen LogP contribution in [0.4, 0.5) is 5.69 Å². The molecule has 2 aromatic rings. The van der Waals surface area contributed by atoms with Crippen molar-refractivity contribution in [1.29, 1.82) is 0 Å². The van der Waals surface area contributed by atoms with E-state index in [0.29, 0.717) is 18.8 Å². The molecule has 29 heavy (non-hydrogen) atoms. The Hall–Kier alpha value is -2.67. The van der Waals surface area contributed by atoms with E-state index in [1.807, 2.05) is 47.4 Å². The fourth-order valence-corrected chi connectivity index (χ4v) is 4.23. The molecule has 0 aromatic heterocycles. The lowest BCUT2D eigenvalue weighted by atomic mass is 10.2. The number of ether oxygens (including phenoxy) is 1. The van der Waals surface area contributed by atoms with Gasteiger partial charge in [0.15, 0.2) is 0 Å². The molecule has 0 saturated carbocycles.